The van der Waals surface area contributed by atoms with Gasteiger partial charge < -0.3 is 0 Å². The smallest absolute Gasteiger partial charge is 0.126 e. The fraction of sp³-hybridized carbons (Fsp3) is 0.133. The van der Waals surface area contributed by atoms with Crippen molar-refractivity contribution in [3.05, 3.63) is 51.5 Å². The SMILES string of the molecule is Cc1cc(C)c2nc(-c3ccc(Cl)cc3Cl)sc2c1. The maximum absolute atomic E-state index is 6.24. The van der Waals surface area contributed by atoms with E-state index in [0.717, 1.165) is 16.1 Å². The summed E-state index contributed by atoms with van der Waals surface area (Å²) in [5.74, 6) is 0. The van der Waals surface area contributed by atoms with E-state index in [9.17, 15) is 0 Å². The molecule has 0 saturated heterocycles. The minimum atomic E-state index is 0.640. The zero-order valence-electron chi connectivity index (χ0n) is 10.5. The summed E-state index contributed by atoms with van der Waals surface area (Å²) >= 11 is 13.8. The summed E-state index contributed by atoms with van der Waals surface area (Å²) in [5, 5.41) is 2.22. The number of hydrogen-bond acceptors (Lipinski definition) is 2. The van der Waals surface area contributed by atoms with Crippen molar-refractivity contribution in [3.8, 4) is 10.6 Å². The number of fused-ring (bicyclic) bond motifs is 1. The zero-order chi connectivity index (χ0) is 13.6. The average Bonchev–Trinajstić information content (AvgIpc) is 2.72. The molecule has 0 saturated carbocycles. The van der Waals surface area contributed by atoms with Crippen LogP contribution < -0.4 is 0 Å². The van der Waals surface area contributed by atoms with Crippen LogP contribution in [0.3, 0.4) is 0 Å². The molecular formula is C15H11Cl2NS. The number of aryl methyl sites for hydroxylation is 2. The van der Waals surface area contributed by atoms with Crippen LogP contribution in [0.25, 0.3) is 20.8 Å². The van der Waals surface area contributed by atoms with Crippen molar-refractivity contribution < 1.29 is 0 Å². The first-order valence-corrected chi connectivity index (χ1v) is 7.45. The first-order valence-electron chi connectivity index (χ1n) is 5.88. The lowest BCUT2D eigenvalue weighted by Gasteiger charge is -1.99. The van der Waals surface area contributed by atoms with Crippen LogP contribution in [0.15, 0.2) is 30.3 Å². The molecule has 0 unspecified atom stereocenters. The molecule has 2 aromatic carbocycles. The summed E-state index contributed by atoms with van der Waals surface area (Å²) < 4.78 is 1.19. The largest absolute Gasteiger partial charge is 0.236 e. The Bertz CT molecular complexity index is 777. The molecular weight excluding hydrogens is 297 g/mol. The second kappa shape index (κ2) is 4.78. The van der Waals surface area contributed by atoms with Gasteiger partial charge in [-0.3, -0.25) is 0 Å². The van der Waals surface area contributed by atoms with Gasteiger partial charge in [0.1, 0.15) is 5.01 Å². The molecule has 0 spiro atoms. The van der Waals surface area contributed by atoms with Gasteiger partial charge in [-0.25, -0.2) is 4.98 Å². The highest BCUT2D eigenvalue weighted by atomic mass is 35.5. The van der Waals surface area contributed by atoms with Crippen LogP contribution in [-0.2, 0) is 0 Å². The highest BCUT2D eigenvalue weighted by Crippen LogP contribution is 2.36. The number of nitrogens with zero attached hydrogens (tertiary/aromatic N) is 1. The predicted molar refractivity (Wildman–Crippen MR) is 84.6 cm³/mol. The first kappa shape index (κ1) is 12.9. The van der Waals surface area contributed by atoms with Crippen molar-refractivity contribution >= 4 is 44.8 Å². The number of thiazole rings is 1. The van der Waals surface area contributed by atoms with Crippen LogP contribution in [0.2, 0.25) is 10.0 Å². The molecule has 3 aromatic rings. The molecule has 0 N–H and O–H groups in total. The number of benzene rings is 2. The number of aromatic nitrogens is 1. The van der Waals surface area contributed by atoms with Crippen LogP contribution >= 0.6 is 34.5 Å². The molecule has 96 valence electrons. The third kappa shape index (κ3) is 2.36. The van der Waals surface area contributed by atoms with Gasteiger partial charge in [-0.15, -0.1) is 11.3 Å². The molecule has 1 aromatic heterocycles. The monoisotopic (exact) mass is 307 g/mol. The predicted octanol–water partition coefficient (Wildman–Crippen LogP) is 5.89. The molecule has 4 heteroatoms. The average molecular weight is 308 g/mol. The van der Waals surface area contributed by atoms with Crippen LogP contribution in [0, 0.1) is 13.8 Å². The molecule has 0 bridgehead atoms. The summed E-state index contributed by atoms with van der Waals surface area (Å²) in [6.45, 7) is 4.18. The van der Waals surface area contributed by atoms with Crippen molar-refractivity contribution in [1.82, 2.24) is 4.98 Å². The van der Waals surface area contributed by atoms with Gasteiger partial charge in [-0.2, -0.15) is 0 Å². The maximum atomic E-state index is 6.24. The van der Waals surface area contributed by atoms with E-state index in [1.807, 2.05) is 12.1 Å². The van der Waals surface area contributed by atoms with E-state index in [4.69, 9.17) is 28.2 Å². The van der Waals surface area contributed by atoms with E-state index >= 15 is 0 Å². The molecule has 0 aliphatic rings. The molecule has 0 atom stereocenters. The van der Waals surface area contributed by atoms with E-state index in [-0.39, 0.29) is 0 Å². The Hall–Kier alpha value is -1.09. The standard InChI is InChI=1S/C15H11Cl2NS/c1-8-5-9(2)14-13(6-8)19-15(18-14)11-4-3-10(16)7-12(11)17/h3-7H,1-2H3. The summed E-state index contributed by atoms with van der Waals surface area (Å²) in [5.41, 5.74) is 4.44. The normalized spacial score (nSPS) is 11.2. The Balaban J connectivity index is 2.23. The van der Waals surface area contributed by atoms with Gasteiger partial charge in [0.2, 0.25) is 0 Å². The molecule has 19 heavy (non-hydrogen) atoms. The highest BCUT2D eigenvalue weighted by Gasteiger charge is 2.11. The topological polar surface area (TPSA) is 12.9 Å². The third-order valence-corrected chi connectivity index (χ3v) is 4.57. The molecule has 1 heterocycles. The van der Waals surface area contributed by atoms with Gasteiger partial charge in [-0.05, 0) is 49.2 Å². The number of hydrogen-bond donors (Lipinski definition) is 0. The van der Waals surface area contributed by atoms with Crippen molar-refractivity contribution in [1.29, 1.82) is 0 Å². The van der Waals surface area contributed by atoms with Gasteiger partial charge in [0.25, 0.3) is 0 Å². The Morgan fingerprint density at radius 3 is 2.58 bits per heavy atom. The summed E-state index contributed by atoms with van der Waals surface area (Å²) in [6, 6.07) is 9.82. The van der Waals surface area contributed by atoms with E-state index in [1.165, 1.54) is 15.8 Å². The van der Waals surface area contributed by atoms with Crippen molar-refractivity contribution in [3.63, 3.8) is 0 Å². The van der Waals surface area contributed by atoms with Gasteiger partial charge in [-0.1, -0.05) is 29.3 Å². The minimum Gasteiger partial charge on any atom is -0.236 e. The summed E-state index contributed by atoms with van der Waals surface area (Å²) in [7, 11) is 0. The number of halogens is 2. The van der Waals surface area contributed by atoms with Crippen LogP contribution in [0.5, 0.6) is 0 Å². The van der Waals surface area contributed by atoms with E-state index in [1.54, 1.807) is 17.4 Å². The fourth-order valence-electron chi connectivity index (χ4n) is 2.15. The molecule has 1 nitrogen and oxygen atoms in total. The molecule has 0 aliphatic carbocycles. The molecule has 0 aliphatic heterocycles. The van der Waals surface area contributed by atoms with E-state index in [2.05, 4.69) is 26.0 Å². The molecule has 0 amide bonds. The quantitative estimate of drug-likeness (QED) is 0.546. The lowest BCUT2D eigenvalue weighted by atomic mass is 10.1. The summed E-state index contributed by atoms with van der Waals surface area (Å²) in [6.07, 6.45) is 0. The van der Waals surface area contributed by atoms with Crippen molar-refractivity contribution in [2.45, 2.75) is 13.8 Å². The Morgan fingerprint density at radius 2 is 1.84 bits per heavy atom. The Labute approximate surface area is 125 Å². The van der Waals surface area contributed by atoms with Crippen LogP contribution in [0.1, 0.15) is 11.1 Å². The van der Waals surface area contributed by atoms with Gasteiger partial charge in [0.05, 0.1) is 15.2 Å². The van der Waals surface area contributed by atoms with E-state index in [0.29, 0.717) is 10.0 Å². The first-order chi connectivity index (χ1) is 9.04. The maximum Gasteiger partial charge on any atom is 0.126 e. The Morgan fingerprint density at radius 1 is 1.05 bits per heavy atom. The van der Waals surface area contributed by atoms with Gasteiger partial charge in [0, 0.05) is 10.6 Å². The number of rotatable bonds is 1. The van der Waals surface area contributed by atoms with Crippen molar-refractivity contribution in [2.75, 3.05) is 0 Å². The molecule has 0 radical (unpaired) electrons. The Kier molecular flexibility index (Phi) is 3.25. The molecule has 0 fully saturated rings. The fourth-order valence-corrected chi connectivity index (χ4v) is 3.88. The highest BCUT2D eigenvalue weighted by molar-refractivity contribution is 7.21. The molecule has 3 rings (SSSR count). The second-order valence-electron chi connectivity index (χ2n) is 4.57. The second-order valence-corrected chi connectivity index (χ2v) is 6.45. The minimum absolute atomic E-state index is 0.640. The van der Waals surface area contributed by atoms with Gasteiger partial charge >= 0.3 is 0 Å². The lowest BCUT2D eigenvalue weighted by Crippen LogP contribution is -1.81. The van der Waals surface area contributed by atoms with Gasteiger partial charge in [0.15, 0.2) is 0 Å². The van der Waals surface area contributed by atoms with E-state index < -0.39 is 0 Å². The third-order valence-electron chi connectivity index (χ3n) is 2.99. The van der Waals surface area contributed by atoms with Crippen molar-refractivity contribution in [2.24, 2.45) is 0 Å². The van der Waals surface area contributed by atoms with Crippen LogP contribution in [-0.4, -0.2) is 4.98 Å². The summed E-state index contributed by atoms with van der Waals surface area (Å²) in [4.78, 5) is 4.71. The zero-order valence-corrected chi connectivity index (χ0v) is 12.8. The van der Waals surface area contributed by atoms with Crippen LogP contribution in [0.4, 0.5) is 0 Å². The lowest BCUT2D eigenvalue weighted by molar-refractivity contribution is 1.38.